The lowest BCUT2D eigenvalue weighted by Crippen LogP contribution is -2.36. The van der Waals surface area contributed by atoms with E-state index in [0.717, 1.165) is 24.1 Å². The Morgan fingerprint density at radius 2 is 2.29 bits per heavy atom. The first-order valence-corrected chi connectivity index (χ1v) is 8.19. The maximum absolute atomic E-state index is 12.0. The lowest BCUT2D eigenvalue weighted by molar-refractivity contribution is -0.127. The van der Waals surface area contributed by atoms with Gasteiger partial charge in [0.2, 0.25) is 5.91 Å². The van der Waals surface area contributed by atoms with Crippen LogP contribution in [-0.4, -0.2) is 35.4 Å². The number of aromatic nitrogens is 2. The fraction of sp³-hybridized carbons (Fsp3) is 0.467. The molecule has 0 aromatic carbocycles. The summed E-state index contributed by atoms with van der Waals surface area (Å²) < 4.78 is 7.14. The molecule has 0 bridgehead atoms. The van der Waals surface area contributed by atoms with Crippen LogP contribution in [0.1, 0.15) is 12.8 Å². The number of carbonyl (C=O) groups excluding carboxylic acids is 1. The molecule has 3 rings (SSSR count). The first-order valence-electron chi connectivity index (χ1n) is 7.24. The Kier molecular flexibility index (Phi) is 4.67. The zero-order valence-corrected chi connectivity index (χ0v) is 12.6. The Morgan fingerprint density at radius 3 is 3.05 bits per heavy atom. The number of thiophene rings is 1. The molecule has 2 aromatic heterocycles. The van der Waals surface area contributed by atoms with Crippen molar-refractivity contribution in [2.24, 2.45) is 5.92 Å². The lowest BCUT2D eigenvalue weighted by Gasteiger charge is -2.21. The molecule has 5 nitrogen and oxygen atoms in total. The molecule has 1 saturated heterocycles. The third-order valence-electron chi connectivity index (χ3n) is 3.69. The molecule has 21 heavy (non-hydrogen) atoms. The molecule has 112 valence electrons. The predicted octanol–water partition coefficient (Wildman–Crippen LogP) is 2.15. The van der Waals surface area contributed by atoms with Crippen LogP contribution in [0, 0.1) is 5.92 Å². The van der Waals surface area contributed by atoms with Gasteiger partial charge in [0.25, 0.3) is 0 Å². The monoisotopic (exact) mass is 305 g/mol. The van der Waals surface area contributed by atoms with Crippen molar-refractivity contribution in [1.82, 2.24) is 15.1 Å². The Bertz CT molecular complexity index is 574. The third kappa shape index (κ3) is 3.71. The van der Waals surface area contributed by atoms with Crippen LogP contribution in [0.3, 0.4) is 0 Å². The topological polar surface area (TPSA) is 56.2 Å². The molecule has 3 heterocycles. The maximum Gasteiger partial charge on any atom is 0.223 e. The highest BCUT2D eigenvalue weighted by atomic mass is 32.1. The van der Waals surface area contributed by atoms with Crippen molar-refractivity contribution < 1.29 is 9.53 Å². The summed E-state index contributed by atoms with van der Waals surface area (Å²) in [5, 5.41) is 11.6. The summed E-state index contributed by atoms with van der Waals surface area (Å²) in [6, 6.07) is 4.06. The van der Waals surface area contributed by atoms with Crippen molar-refractivity contribution >= 4 is 17.2 Å². The van der Waals surface area contributed by atoms with Gasteiger partial charge in [-0.15, -0.1) is 0 Å². The van der Waals surface area contributed by atoms with Crippen LogP contribution in [0.15, 0.2) is 29.1 Å². The zero-order chi connectivity index (χ0) is 14.5. The molecular formula is C15H19N3O2S. The van der Waals surface area contributed by atoms with Crippen molar-refractivity contribution in [3.63, 3.8) is 0 Å². The summed E-state index contributed by atoms with van der Waals surface area (Å²) in [5.41, 5.74) is 2.12. The Morgan fingerprint density at radius 1 is 1.43 bits per heavy atom. The Hall–Kier alpha value is -1.66. The molecule has 1 aliphatic rings. The lowest BCUT2D eigenvalue weighted by atomic mass is 9.99. The highest BCUT2D eigenvalue weighted by Gasteiger charge is 2.20. The molecule has 0 aliphatic carbocycles. The summed E-state index contributed by atoms with van der Waals surface area (Å²) in [7, 11) is 0. The van der Waals surface area contributed by atoms with Crippen LogP contribution in [0.25, 0.3) is 11.3 Å². The Labute approximate surface area is 127 Å². The van der Waals surface area contributed by atoms with Gasteiger partial charge in [-0.1, -0.05) is 0 Å². The second kappa shape index (κ2) is 6.87. The van der Waals surface area contributed by atoms with Crippen LogP contribution >= 0.6 is 11.3 Å². The van der Waals surface area contributed by atoms with E-state index in [1.807, 2.05) is 22.3 Å². The van der Waals surface area contributed by atoms with Crippen molar-refractivity contribution in [2.75, 3.05) is 19.8 Å². The van der Waals surface area contributed by atoms with Gasteiger partial charge in [-0.05, 0) is 30.4 Å². The summed E-state index contributed by atoms with van der Waals surface area (Å²) in [4.78, 5) is 12.0. The SMILES string of the molecule is O=C(NCCn1ccc(-c2ccsc2)n1)C1CCOCC1. The van der Waals surface area contributed by atoms with Crippen molar-refractivity contribution in [3.8, 4) is 11.3 Å². The van der Waals surface area contributed by atoms with Gasteiger partial charge in [-0.2, -0.15) is 16.4 Å². The summed E-state index contributed by atoms with van der Waals surface area (Å²) in [6.07, 6.45) is 3.61. The molecule has 0 atom stereocenters. The maximum atomic E-state index is 12.0. The van der Waals surface area contributed by atoms with Crippen molar-refractivity contribution in [3.05, 3.63) is 29.1 Å². The number of carbonyl (C=O) groups is 1. The summed E-state index contributed by atoms with van der Waals surface area (Å²) in [6.45, 7) is 2.70. The highest BCUT2D eigenvalue weighted by Crippen LogP contribution is 2.19. The van der Waals surface area contributed by atoms with Crippen LogP contribution < -0.4 is 5.32 Å². The molecule has 1 aliphatic heterocycles. The minimum Gasteiger partial charge on any atom is -0.381 e. The van der Waals surface area contributed by atoms with Gasteiger partial charge >= 0.3 is 0 Å². The molecule has 0 spiro atoms. The second-order valence-electron chi connectivity index (χ2n) is 5.15. The normalized spacial score (nSPS) is 16.0. The number of rotatable bonds is 5. The fourth-order valence-corrected chi connectivity index (χ4v) is 3.10. The second-order valence-corrected chi connectivity index (χ2v) is 5.93. The first-order chi connectivity index (χ1) is 10.3. The summed E-state index contributed by atoms with van der Waals surface area (Å²) in [5.74, 6) is 0.251. The number of amides is 1. The molecule has 2 aromatic rings. The quantitative estimate of drug-likeness (QED) is 0.921. The molecule has 1 amide bonds. The van der Waals surface area contributed by atoms with Crippen molar-refractivity contribution in [1.29, 1.82) is 0 Å². The van der Waals surface area contributed by atoms with Gasteiger partial charge in [0.15, 0.2) is 0 Å². The predicted molar refractivity (Wildman–Crippen MR) is 82.1 cm³/mol. The average Bonchev–Trinajstić information content (AvgIpc) is 3.19. The minimum absolute atomic E-state index is 0.109. The van der Waals surface area contributed by atoms with Gasteiger partial charge in [0.1, 0.15) is 0 Å². The van der Waals surface area contributed by atoms with E-state index in [9.17, 15) is 4.79 Å². The van der Waals surface area contributed by atoms with Gasteiger partial charge in [-0.3, -0.25) is 9.48 Å². The van der Waals surface area contributed by atoms with E-state index in [-0.39, 0.29) is 11.8 Å². The number of hydrogen-bond acceptors (Lipinski definition) is 4. The van der Waals surface area contributed by atoms with E-state index in [1.54, 1.807) is 11.3 Å². The van der Waals surface area contributed by atoms with Crippen LogP contribution in [0.4, 0.5) is 0 Å². The van der Waals surface area contributed by atoms with E-state index in [0.29, 0.717) is 26.3 Å². The van der Waals surface area contributed by atoms with Gasteiger partial charge in [0, 0.05) is 42.8 Å². The van der Waals surface area contributed by atoms with E-state index in [4.69, 9.17) is 4.74 Å². The number of nitrogens with zero attached hydrogens (tertiary/aromatic N) is 2. The first kappa shape index (κ1) is 14.3. The third-order valence-corrected chi connectivity index (χ3v) is 4.37. The number of hydrogen-bond donors (Lipinski definition) is 1. The minimum atomic E-state index is 0.109. The van der Waals surface area contributed by atoms with Crippen LogP contribution in [0.2, 0.25) is 0 Å². The van der Waals surface area contributed by atoms with E-state index < -0.39 is 0 Å². The van der Waals surface area contributed by atoms with Gasteiger partial charge < -0.3 is 10.1 Å². The van der Waals surface area contributed by atoms with E-state index in [2.05, 4.69) is 21.9 Å². The molecule has 0 radical (unpaired) electrons. The van der Waals surface area contributed by atoms with E-state index >= 15 is 0 Å². The number of nitrogens with one attached hydrogen (secondary N) is 1. The molecule has 1 fully saturated rings. The standard InChI is InChI=1S/C15H19N3O2S/c19-15(12-2-8-20-9-3-12)16-5-7-18-6-1-14(17-18)13-4-10-21-11-13/h1,4,6,10-12H,2-3,5,7-9H2,(H,16,19). The molecular weight excluding hydrogens is 286 g/mol. The molecule has 0 unspecified atom stereocenters. The van der Waals surface area contributed by atoms with Crippen LogP contribution in [0.5, 0.6) is 0 Å². The smallest absolute Gasteiger partial charge is 0.223 e. The van der Waals surface area contributed by atoms with Crippen LogP contribution in [-0.2, 0) is 16.1 Å². The van der Waals surface area contributed by atoms with Gasteiger partial charge in [-0.25, -0.2) is 0 Å². The molecule has 6 heteroatoms. The van der Waals surface area contributed by atoms with Crippen molar-refractivity contribution in [2.45, 2.75) is 19.4 Å². The molecule has 0 saturated carbocycles. The fourth-order valence-electron chi connectivity index (χ4n) is 2.45. The molecule has 1 N–H and O–H groups in total. The largest absolute Gasteiger partial charge is 0.381 e. The average molecular weight is 305 g/mol. The Balaban J connectivity index is 1.46. The number of ether oxygens (including phenoxy) is 1. The zero-order valence-electron chi connectivity index (χ0n) is 11.8. The van der Waals surface area contributed by atoms with E-state index in [1.165, 1.54) is 0 Å². The van der Waals surface area contributed by atoms with Gasteiger partial charge in [0.05, 0.1) is 12.2 Å². The highest BCUT2D eigenvalue weighted by molar-refractivity contribution is 7.08. The summed E-state index contributed by atoms with van der Waals surface area (Å²) >= 11 is 1.66.